The SMILES string of the molecule is CCc1ccc(/C(N)=N/NN)cc1. The average molecular weight is 178 g/mol. The van der Waals surface area contributed by atoms with Crippen molar-refractivity contribution in [2.24, 2.45) is 16.7 Å². The van der Waals surface area contributed by atoms with Crippen molar-refractivity contribution in [1.82, 2.24) is 5.53 Å². The maximum atomic E-state index is 5.60. The molecule has 0 aliphatic heterocycles. The van der Waals surface area contributed by atoms with E-state index in [9.17, 15) is 0 Å². The molecule has 0 aliphatic rings. The van der Waals surface area contributed by atoms with Crippen molar-refractivity contribution in [2.45, 2.75) is 13.3 Å². The van der Waals surface area contributed by atoms with Crippen LogP contribution in [0.15, 0.2) is 29.4 Å². The molecule has 0 aromatic heterocycles. The third-order valence-electron chi connectivity index (χ3n) is 1.84. The van der Waals surface area contributed by atoms with Crippen molar-refractivity contribution in [2.75, 3.05) is 0 Å². The molecule has 1 aromatic rings. The zero-order valence-corrected chi connectivity index (χ0v) is 7.62. The van der Waals surface area contributed by atoms with Crippen LogP contribution in [0.2, 0.25) is 0 Å². The molecule has 1 aromatic carbocycles. The van der Waals surface area contributed by atoms with Crippen LogP contribution < -0.4 is 17.1 Å². The van der Waals surface area contributed by atoms with Crippen molar-refractivity contribution >= 4 is 5.84 Å². The van der Waals surface area contributed by atoms with Crippen LogP contribution in [-0.4, -0.2) is 5.84 Å². The summed E-state index contributed by atoms with van der Waals surface area (Å²) in [5.41, 5.74) is 9.91. The summed E-state index contributed by atoms with van der Waals surface area (Å²) in [6, 6.07) is 7.90. The number of aryl methyl sites for hydroxylation is 1. The van der Waals surface area contributed by atoms with Gasteiger partial charge >= 0.3 is 0 Å². The van der Waals surface area contributed by atoms with Gasteiger partial charge in [-0.25, -0.2) is 11.4 Å². The Kier molecular flexibility index (Phi) is 3.28. The lowest BCUT2D eigenvalue weighted by Crippen LogP contribution is -2.22. The minimum Gasteiger partial charge on any atom is -0.382 e. The van der Waals surface area contributed by atoms with Gasteiger partial charge in [-0.2, -0.15) is 0 Å². The van der Waals surface area contributed by atoms with Crippen molar-refractivity contribution in [3.63, 3.8) is 0 Å². The highest BCUT2D eigenvalue weighted by atomic mass is 15.5. The van der Waals surface area contributed by atoms with E-state index in [1.165, 1.54) is 5.56 Å². The van der Waals surface area contributed by atoms with Gasteiger partial charge in [-0.3, -0.25) is 0 Å². The number of benzene rings is 1. The molecule has 4 heteroatoms. The van der Waals surface area contributed by atoms with Gasteiger partial charge in [0, 0.05) is 5.56 Å². The lowest BCUT2D eigenvalue weighted by molar-refractivity contribution is 0.804. The van der Waals surface area contributed by atoms with Gasteiger partial charge in [0.1, 0.15) is 0 Å². The minimum atomic E-state index is 0.394. The third kappa shape index (κ3) is 2.45. The van der Waals surface area contributed by atoms with E-state index in [1.54, 1.807) is 0 Å². The molecule has 5 N–H and O–H groups in total. The molecule has 0 atom stereocenters. The second-order valence-electron chi connectivity index (χ2n) is 2.68. The van der Waals surface area contributed by atoms with Crippen molar-refractivity contribution in [3.05, 3.63) is 35.4 Å². The number of rotatable bonds is 3. The van der Waals surface area contributed by atoms with Crippen LogP contribution in [0.3, 0.4) is 0 Å². The van der Waals surface area contributed by atoms with Crippen LogP contribution in [0.4, 0.5) is 0 Å². The summed E-state index contributed by atoms with van der Waals surface area (Å²) in [6.45, 7) is 2.11. The molecular formula is C9H14N4. The van der Waals surface area contributed by atoms with Crippen LogP contribution in [0.25, 0.3) is 0 Å². The number of hydrazine groups is 1. The fourth-order valence-electron chi connectivity index (χ4n) is 1.05. The van der Waals surface area contributed by atoms with E-state index >= 15 is 0 Å². The molecule has 0 radical (unpaired) electrons. The topological polar surface area (TPSA) is 76.4 Å². The summed E-state index contributed by atoms with van der Waals surface area (Å²) in [5.74, 6) is 5.40. The Labute approximate surface area is 77.6 Å². The van der Waals surface area contributed by atoms with Crippen LogP contribution >= 0.6 is 0 Å². The van der Waals surface area contributed by atoms with E-state index in [0.29, 0.717) is 5.84 Å². The average Bonchev–Trinajstić information content (AvgIpc) is 2.18. The first-order valence-electron chi connectivity index (χ1n) is 4.16. The highest BCUT2D eigenvalue weighted by Gasteiger charge is 1.96. The van der Waals surface area contributed by atoms with Crippen molar-refractivity contribution in [1.29, 1.82) is 0 Å². The second-order valence-corrected chi connectivity index (χ2v) is 2.68. The van der Waals surface area contributed by atoms with E-state index in [1.807, 2.05) is 24.3 Å². The maximum absolute atomic E-state index is 5.60. The fraction of sp³-hybridized carbons (Fsp3) is 0.222. The molecule has 0 heterocycles. The standard InChI is InChI=1S/C9H14N4/c1-2-7-3-5-8(6-4-7)9(10)12-13-11/h3-6,13H,2,11H2,1H3,(H2,10,12). The van der Waals surface area contributed by atoms with Crippen LogP contribution in [0.1, 0.15) is 18.1 Å². The Bertz CT molecular complexity index is 289. The normalized spacial score (nSPS) is 11.4. The number of hydrogen-bond donors (Lipinski definition) is 3. The van der Waals surface area contributed by atoms with Crippen molar-refractivity contribution in [3.8, 4) is 0 Å². The summed E-state index contributed by atoms with van der Waals surface area (Å²) in [6.07, 6.45) is 1.02. The number of amidine groups is 1. The first-order valence-corrected chi connectivity index (χ1v) is 4.16. The molecule has 0 unspecified atom stereocenters. The second kappa shape index (κ2) is 4.47. The predicted octanol–water partition coefficient (Wildman–Crippen LogP) is 0.333. The molecule has 0 amide bonds. The zero-order valence-electron chi connectivity index (χ0n) is 7.62. The summed E-state index contributed by atoms with van der Waals surface area (Å²) >= 11 is 0. The Morgan fingerprint density at radius 3 is 2.46 bits per heavy atom. The van der Waals surface area contributed by atoms with E-state index in [0.717, 1.165) is 12.0 Å². The van der Waals surface area contributed by atoms with Gasteiger partial charge in [-0.1, -0.05) is 31.2 Å². The van der Waals surface area contributed by atoms with Gasteiger partial charge in [0.15, 0.2) is 5.84 Å². The quantitative estimate of drug-likeness (QED) is 0.270. The lowest BCUT2D eigenvalue weighted by Gasteiger charge is -2.01. The van der Waals surface area contributed by atoms with Gasteiger partial charge in [0.2, 0.25) is 0 Å². The van der Waals surface area contributed by atoms with Gasteiger partial charge in [0.05, 0.1) is 0 Å². The first-order chi connectivity index (χ1) is 6.27. The number of nitrogens with one attached hydrogen (secondary N) is 1. The molecule has 1 rings (SSSR count). The van der Waals surface area contributed by atoms with Crippen LogP contribution in [0.5, 0.6) is 0 Å². The highest BCUT2D eigenvalue weighted by Crippen LogP contribution is 2.04. The highest BCUT2D eigenvalue weighted by molar-refractivity contribution is 5.97. The van der Waals surface area contributed by atoms with E-state index in [4.69, 9.17) is 11.6 Å². The Morgan fingerprint density at radius 2 is 2.00 bits per heavy atom. The molecule has 0 saturated heterocycles. The van der Waals surface area contributed by atoms with Gasteiger partial charge < -0.3 is 5.73 Å². The number of hydrogen-bond acceptors (Lipinski definition) is 3. The summed E-state index contributed by atoms with van der Waals surface area (Å²) in [5, 5.41) is 3.67. The molecule has 0 aliphatic carbocycles. The predicted molar refractivity (Wildman–Crippen MR) is 53.9 cm³/mol. The number of hydrazone groups is 1. The molecular weight excluding hydrogens is 164 g/mol. The zero-order chi connectivity index (χ0) is 9.68. The lowest BCUT2D eigenvalue weighted by atomic mass is 10.1. The Morgan fingerprint density at radius 1 is 1.38 bits per heavy atom. The largest absolute Gasteiger partial charge is 0.382 e. The summed E-state index contributed by atoms with van der Waals surface area (Å²) in [7, 11) is 0. The molecule has 0 spiro atoms. The van der Waals surface area contributed by atoms with Crippen LogP contribution in [0, 0.1) is 0 Å². The summed E-state index contributed by atoms with van der Waals surface area (Å²) in [4.78, 5) is 0. The first kappa shape index (κ1) is 9.54. The molecule has 4 nitrogen and oxygen atoms in total. The number of nitrogens with two attached hydrogens (primary N) is 2. The number of nitrogens with zero attached hydrogens (tertiary/aromatic N) is 1. The molecule has 70 valence electrons. The third-order valence-corrected chi connectivity index (χ3v) is 1.84. The van der Waals surface area contributed by atoms with E-state index < -0.39 is 0 Å². The van der Waals surface area contributed by atoms with Gasteiger partial charge in [-0.05, 0) is 12.0 Å². The smallest absolute Gasteiger partial charge is 0.152 e. The molecule has 0 bridgehead atoms. The van der Waals surface area contributed by atoms with E-state index in [2.05, 4.69) is 17.6 Å². The van der Waals surface area contributed by atoms with Crippen molar-refractivity contribution < 1.29 is 0 Å². The Balaban J connectivity index is 2.85. The van der Waals surface area contributed by atoms with E-state index in [-0.39, 0.29) is 0 Å². The van der Waals surface area contributed by atoms with Crippen LogP contribution in [-0.2, 0) is 6.42 Å². The molecule has 0 saturated carbocycles. The van der Waals surface area contributed by atoms with Gasteiger partial charge in [-0.15, -0.1) is 5.10 Å². The summed E-state index contributed by atoms with van der Waals surface area (Å²) < 4.78 is 0. The molecule has 13 heavy (non-hydrogen) atoms. The Hall–Kier alpha value is -1.55. The minimum absolute atomic E-state index is 0.394. The van der Waals surface area contributed by atoms with Gasteiger partial charge in [0.25, 0.3) is 0 Å². The monoisotopic (exact) mass is 178 g/mol. The maximum Gasteiger partial charge on any atom is 0.152 e. The fourth-order valence-corrected chi connectivity index (χ4v) is 1.05. The molecule has 0 fully saturated rings.